The summed E-state index contributed by atoms with van der Waals surface area (Å²) in [4.78, 5) is 19.3. The van der Waals surface area contributed by atoms with E-state index in [0.29, 0.717) is 22.7 Å². The molecule has 1 amide bonds. The first kappa shape index (κ1) is 15.8. The third kappa shape index (κ3) is 3.56. The fourth-order valence-corrected chi connectivity index (χ4v) is 3.33. The predicted molar refractivity (Wildman–Crippen MR) is 97.7 cm³/mol. The maximum atomic E-state index is 12.6. The van der Waals surface area contributed by atoms with Gasteiger partial charge in [0.2, 0.25) is 0 Å². The summed E-state index contributed by atoms with van der Waals surface area (Å²) >= 11 is 0. The van der Waals surface area contributed by atoms with Crippen molar-refractivity contribution < 1.29 is 9.21 Å². The predicted octanol–water partition coefficient (Wildman–Crippen LogP) is 3.98. The lowest BCUT2D eigenvalue weighted by Crippen LogP contribution is -2.19. The molecular weight excluding hydrogens is 314 g/mol. The van der Waals surface area contributed by atoms with Crippen LogP contribution in [0.15, 0.2) is 46.9 Å². The lowest BCUT2D eigenvalue weighted by Gasteiger charge is -2.15. The summed E-state index contributed by atoms with van der Waals surface area (Å²) in [6.07, 6.45) is 2.54. The van der Waals surface area contributed by atoms with E-state index in [1.165, 1.54) is 18.4 Å². The van der Waals surface area contributed by atoms with Gasteiger partial charge in [0.15, 0.2) is 11.5 Å². The number of anilines is 1. The van der Waals surface area contributed by atoms with Crippen LogP contribution in [-0.4, -0.2) is 28.9 Å². The molecule has 0 spiro atoms. The highest BCUT2D eigenvalue weighted by Gasteiger charge is 2.13. The molecule has 1 saturated heterocycles. The lowest BCUT2D eigenvalue weighted by molar-refractivity contribution is 0.102. The van der Waals surface area contributed by atoms with Crippen LogP contribution < -0.4 is 5.32 Å². The number of aromatic nitrogens is 1. The highest BCUT2D eigenvalue weighted by molar-refractivity contribution is 6.05. The zero-order valence-corrected chi connectivity index (χ0v) is 14.3. The fourth-order valence-electron chi connectivity index (χ4n) is 3.33. The molecule has 1 aliphatic heterocycles. The van der Waals surface area contributed by atoms with E-state index < -0.39 is 0 Å². The number of rotatable bonds is 4. The van der Waals surface area contributed by atoms with Gasteiger partial charge in [0.1, 0.15) is 5.52 Å². The second-order valence-corrected chi connectivity index (χ2v) is 6.55. The summed E-state index contributed by atoms with van der Waals surface area (Å²) in [5.74, 6) is 0.506. The van der Waals surface area contributed by atoms with Crippen molar-refractivity contribution in [3.05, 3.63) is 59.5 Å². The van der Waals surface area contributed by atoms with Crippen LogP contribution in [0.2, 0.25) is 0 Å². The first-order chi connectivity index (χ1) is 12.2. The van der Waals surface area contributed by atoms with Crippen LogP contribution in [0.5, 0.6) is 0 Å². The van der Waals surface area contributed by atoms with E-state index >= 15 is 0 Å². The molecule has 1 aromatic heterocycles. The number of benzene rings is 2. The summed E-state index contributed by atoms with van der Waals surface area (Å²) in [6.45, 7) is 5.01. The van der Waals surface area contributed by atoms with Crippen LogP contribution in [-0.2, 0) is 6.54 Å². The molecule has 2 aromatic carbocycles. The number of hydrogen-bond acceptors (Lipinski definition) is 4. The molecule has 1 aliphatic rings. The Morgan fingerprint density at radius 1 is 1.20 bits per heavy atom. The summed E-state index contributed by atoms with van der Waals surface area (Å²) in [5, 5.41) is 2.94. The van der Waals surface area contributed by atoms with Gasteiger partial charge in [0, 0.05) is 30.8 Å². The number of carbonyl (C=O) groups excluding carboxylic acids is 1. The second kappa shape index (κ2) is 6.69. The number of fused-ring (bicyclic) bond motifs is 1. The molecule has 1 N–H and O–H groups in total. The molecule has 128 valence electrons. The maximum absolute atomic E-state index is 12.6. The number of likely N-dealkylation sites (tertiary alicyclic amines) is 1. The molecule has 0 saturated carbocycles. The van der Waals surface area contributed by atoms with E-state index in [4.69, 9.17) is 4.42 Å². The quantitative estimate of drug-likeness (QED) is 0.783. The molecule has 0 aliphatic carbocycles. The van der Waals surface area contributed by atoms with Gasteiger partial charge in [-0.2, -0.15) is 0 Å². The van der Waals surface area contributed by atoms with Crippen LogP contribution in [0, 0.1) is 6.92 Å². The number of aryl methyl sites for hydroxylation is 1. The summed E-state index contributed by atoms with van der Waals surface area (Å²) in [7, 11) is 0. The number of hydrogen-bond donors (Lipinski definition) is 1. The van der Waals surface area contributed by atoms with Crippen LogP contribution in [0.25, 0.3) is 11.1 Å². The second-order valence-electron chi connectivity index (χ2n) is 6.55. The third-order valence-corrected chi connectivity index (χ3v) is 4.55. The van der Waals surface area contributed by atoms with Crippen molar-refractivity contribution in [3.63, 3.8) is 0 Å². The van der Waals surface area contributed by atoms with Gasteiger partial charge in [0.05, 0.1) is 0 Å². The van der Waals surface area contributed by atoms with E-state index in [1.54, 1.807) is 6.07 Å². The largest absolute Gasteiger partial charge is 0.441 e. The van der Waals surface area contributed by atoms with Gasteiger partial charge in [-0.3, -0.25) is 9.69 Å². The van der Waals surface area contributed by atoms with Crippen molar-refractivity contribution in [3.8, 4) is 0 Å². The van der Waals surface area contributed by atoms with Crippen molar-refractivity contribution in [2.45, 2.75) is 26.3 Å². The molecule has 1 fully saturated rings. The average molecular weight is 335 g/mol. The lowest BCUT2D eigenvalue weighted by atomic mass is 10.1. The molecule has 0 radical (unpaired) electrons. The number of nitrogens with one attached hydrogen (secondary N) is 1. The number of oxazole rings is 1. The Hall–Kier alpha value is -2.66. The molecule has 5 heteroatoms. The molecule has 0 atom stereocenters. The summed E-state index contributed by atoms with van der Waals surface area (Å²) in [5.41, 5.74) is 4.03. The minimum absolute atomic E-state index is 0.112. The zero-order chi connectivity index (χ0) is 17.2. The Bertz CT molecular complexity index is 910. The van der Waals surface area contributed by atoms with Crippen molar-refractivity contribution >= 4 is 22.7 Å². The third-order valence-electron chi connectivity index (χ3n) is 4.55. The maximum Gasteiger partial charge on any atom is 0.255 e. The van der Waals surface area contributed by atoms with E-state index in [2.05, 4.69) is 21.3 Å². The first-order valence-corrected chi connectivity index (χ1v) is 8.67. The van der Waals surface area contributed by atoms with Gasteiger partial charge in [-0.1, -0.05) is 12.1 Å². The number of amides is 1. The van der Waals surface area contributed by atoms with E-state index in [9.17, 15) is 4.79 Å². The first-order valence-electron chi connectivity index (χ1n) is 8.67. The van der Waals surface area contributed by atoms with Crippen molar-refractivity contribution in [1.82, 2.24) is 9.88 Å². The zero-order valence-electron chi connectivity index (χ0n) is 14.3. The molecule has 3 aromatic rings. The minimum Gasteiger partial charge on any atom is -0.441 e. The molecule has 0 bridgehead atoms. The monoisotopic (exact) mass is 335 g/mol. The SMILES string of the molecule is Cc1nc2ccc(NC(=O)c3cccc(CN4CCCC4)c3)cc2o1. The summed E-state index contributed by atoms with van der Waals surface area (Å²) < 4.78 is 5.52. The van der Waals surface area contributed by atoms with Crippen molar-refractivity contribution in [2.24, 2.45) is 0 Å². The Morgan fingerprint density at radius 3 is 2.88 bits per heavy atom. The van der Waals surface area contributed by atoms with Gasteiger partial charge in [-0.15, -0.1) is 0 Å². The highest BCUT2D eigenvalue weighted by Crippen LogP contribution is 2.21. The highest BCUT2D eigenvalue weighted by atomic mass is 16.3. The van der Waals surface area contributed by atoms with Crippen LogP contribution in [0.3, 0.4) is 0 Å². The van der Waals surface area contributed by atoms with Gasteiger partial charge < -0.3 is 9.73 Å². The van der Waals surface area contributed by atoms with Gasteiger partial charge in [-0.05, 0) is 55.8 Å². The molecule has 2 heterocycles. The van der Waals surface area contributed by atoms with Crippen molar-refractivity contribution in [2.75, 3.05) is 18.4 Å². The van der Waals surface area contributed by atoms with E-state index in [1.807, 2.05) is 37.3 Å². The van der Waals surface area contributed by atoms with Crippen LogP contribution in [0.4, 0.5) is 5.69 Å². The van der Waals surface area contributed by atoms with Gasteiger partial charge in [-0.25, -0.2) is 4.98 Å². The molecular formula is C20H21N3O2. The van der Waals surface area contributed by atoms with E-state index in [-0.39, 0.29) is 5.91 Å². The molecule has 0 unspecified atom stereocenters. The van der Waals surface area contributed by atoms with Crippen LogP contribution >= 0.6 is 0 Å². The Morgan fingerprint density at radius 2 is 2.04 bits per heavy atom. The summed E-state index contributed by atoms with van der Waals surface area (Å²) in [6, 6.07) is 13.4. The van der Waals surface area contributed by atoms with Crippen LogP contribution in [0.1, 0.15) is 34.7 Å². The Labute approximate surface area is 146 Å². The topological polar surface area (TPSA) is 58.4 Å². The molecule has 25 heavy (non-hydrogen) atoms. The number of nitrogens with zero attached hydrogens (tertiary/aromatic N) is 2. The standard InChI is InChI=1S/C20H21N3O2/c1-14-21-18-8-7-17(12-19(18)25-14)22-20(24)16-6-4-5-15(11-16)13-23-9-2-3-10-23/h4-8,11-12H,2-3,9-10,13H2,1H3,(H,22,24). The minimum atomic E-state index is -0.112. The number of carbonyl (C=O) groups is 1. The Kier molecular flexibility index (Phi) is 4.24. The average Bonchev–Trinajstić information content (AvgIpc) is 3.23. The van der Waals surface area contributed by atoms with Gasteiger partial charge >= 0.3 is 0 Å². The van der Waals surface area contributed by atoms with E-state index in [0.717, 1.165) is 25.2 Å². The smallest absolute Gasteiger partial charge is 0.255 e. The molecule has 5 nitrogen and oxygen atoms in total. The van der Waals surface area contributed by atoms with Gasteiger partial charge in [0.25, 0.3) is 5.91 Å². The molecule has 4 rings (SSSR count). The van der Waals surface area contributed by atoms with Crippen molar-refractivity contribution in [1.29, 1.82) is 0 Å². The Balaban J connectivity index is 1.49. The fraction of sp³-hybridized carbons (Fsp3) is 0.300. The normalized spacial score (nSPS) is 14.9.